The van der Waals surface area contributed by atoms with Crippen molar-refractivity contribution in [3.05, 3.63) is 0 Å². The number of ketones is 1. The van der Waals surface area contributed by atoms with Gasteiger partial charge in [-0.3, -0.25) is 19.4 Å². The van der Waals surface area contributed by atoms with Crippen LogP contribution in [0.2, 0.25) is 0 Å². The zero-order valence-electron chi connectivity index (χ0n) is 13.5. The van der Waals surface area contributed by atoms with Gasteiger partial charge in [-0.05, 0) is 33.1 Å². The zero-order valence-corrected chi connectivity index (χ0v) is 13.5. The Morgan fingerprint density at radius 1 is 1.12 bits per heavy atom. The molecule has 6 nitrogen and oxygen atoms in total. The van der Waals surface area contributed by atoms with Crippen molar-refractivity contribution in [2.24, 2.45) is 10.9 Å². The second-order valence-corrected chi connectivity index (χ2v) is 5.23. The predicted octanol–water partition coefficient (Wildman–Crippen LogP) is 2.24. The maximum Gasteiger partial charge on any atom is 0.451 e. The van der Waals surface area contributed by atoms with E-state index in [0.29, 0.717) is 12.8 Å². The molecule has 24 heavy (non-hydrogen) atoms. The van der Waals surface area contributed by atoms with Crippen LogP contribution in [-0.4, -0.2) is 48.9 Å². The lowest BCUT2D eigenvalue weighted by Crippen LogP contribution is -2.42. The highest BCUT2D eigenvalue weighted by molar-refractivity contribution is 6.23. The highest BCUT2D eigenvalue weighted by Crippen LogP contribution is 2.27. The molecular formula is C15H20F3NO5. The standard InChI is InChI=1S/C15H20F3NO5/c1-3-23-11(20)8-10(19-9-6-5-7-9)12(14(22)24-4-2)13(21)15(16,17)18/h9,12H,3-8H2,1-2H3. The molecule has 1 rings (SSSR count). The number of alkyl halides is 3. The molecular weight excluding hydrogens is 331 g/mol. The van der Waals surface area contributed by atoms with Gasteiger partial charge in [0.25, 0.3) is 5.78 Å². The Balaban J connectivity index is 3.17. The highest BCUT2D eigenvalue weighted by Gasteiger charge is 2.49. The van der Waals surface area contributed by atoms with Crippen LogP contribution in [0.4, 0.5) is 13.2 Å². The minimum Gasteiger partial charge on any atom is -0.466 e. The van der Waals surface area contributed by atoms with Gasteiger partial charge in [0.1, 0.15) is 0 Å². The fraction of sp³-hybridized carbons (Fsp3) is 0.733. The van der Waals surface area contributed by atoms with Gasteiger partial charge in [-0.2, -0.15) is 13.2 Å². The smallest absolute Gasteiger partial charge is 0.451 e. The molecule has 0 spiro atoms. The molecule has 1 atom stereocenters. The summed E-state index contributed by atoms with van der Waals surface area (Å²) in [6.07, 6.45) is -3.80. The molecule has 1 fully saturated rings. The molecule has 1 aliphatic carbocycles. The second-order valence-electron chi connectivity index (χ2n) is 5.23. The second kappa shape index (κ2) is 8.79. The summed E-state index contributed by atoms with van der Waals surface area (Å²) in [6, 6.07) is -0.299. The number of rotatable bonds is 8. The van der Waals surface area contributed by atoms with Crippen LogP contribution in [0.1, 0.15) is 39.5 Å². The largest absolute Gasteiger partial charge is 0.466 e. The molecule has 0 heterocycles. The number of esters is 2. The lowest BCUT2D eigenvalue weighted by Gasteiger charge is -2.25. The molecule has 0 N–H and O–H groups in total. The topological polar surface area (TPSA) is 82.0 Å². The number of aliphatic imine (C=N–C) groups is 1. The van der Waals surface area contributed by atoms with E-state index >= 15 is 0 Å². The van der Waals surface area contributed by atoms with Crippen LogP contribution in [0.25, 0.3) is 0 Å². The van der Waals surface area contributed by atoms with Gasteiger partial charge < -0.3 is 9.47 Å². The van der Waals surface area contributed by atoms with Crippen LogP contribution in [0.3, 0.4) is 0 Å². The number of ether oxygens (including phenoxy) is 2. The third-order valence-corrected chi connectivity index (χ3v) is 3.45. The summed E-state index contributed by atoms with van der Waals surface area (Å²) in [7, 11) is 0. The Morgan fingerprint density at radius 2 is 1.71 bits per heavy atom. The monoisotopic (exact) mass is 351 g/mol. The Labute approximate surface area is 137 Å². The van der Waals surface area contributed by atoms with Crippen LogP contribution in [0, 0.1) is 5.92 Å². The summed E-state index contributed by atoms with van der Waals surface area (Å²) in [5.74, 6) is -6.76. The lowest BCUT2D eigenvalue weighted by atomic mass is 9.90. The average Bonchev–Trinajstić information content (AvgIpc) is 2.42. The van der Waals surface area contributed by atoms with Crippen molar-refractivity contribution in [3.8, 4) is 0 Å². The Kier molecular flexibility index (Phi) is 7.37. The summed E-state index contributed by atoms with van der Waals surface area (Å²) in [6.45, 7) is 2.76. The molecule has 0 radical (unpaired) electrons. The minimum atomic E-state index is -5.24. The van der Waals surface area contributed by atoms with Gasteiger partial charge >= 0.3 is 18.1 Å². The van der Waals surface area contributed by atoms with Crippen LogP contribution < -0.4 is 0 Å². The fourth-order valence-electron chi connectivity index (χ4n) is 2.12. The van der Waals surface area contributed by atoms with Crippen molar-refractivity contribution in [1.29, 1.82) is 0 Å². The van der Waals surface area contributed by atoms with Crippen molar-refractivity contribution >= 4 is 23.4 Å². The molecule has 136 valence electrons. The Morgan fingerprint density at radius 3 is 2.12 bits per heavy atom. The summed E-state index contributed by atoms with van der Waals surface area (Å²) in [5.41, 5.74) is -0.445. The van der Waals surface area contributed by atoms with Gasteiger partial charge in [0.2, 0.25) is 0 Å². The molecule has 0 aromatic carbocycles. The number of Topliss-reactive ketones (excluding diaryl/α,β-unsaturated/α-hetero) is 1. The Bertz CT molecular complexity index is 512. The first-order valence-corrected chi connectivity index (χ1v) is 7.70. The fourth-order valence-corrected chi connectivity index (χ4v) is 2.12. The maximum absolute atomic E-state index is 12.9. The molecule has 1 saturated carbocycles. The van der Waals surface area contributed by atoms with Crippen molar-refractivity contribution in [3.63, 3.8) is 0 Å². The third-order valence-electron chi connectivity index (χ3n) is 3.45. The minimum absolute atomic E-state index is 0.0207. The van der Waals surface area contributed by atoms with Gasteiger partial charge in [0.05, 0.1) is 19.6 Å². The van der Waals surface area contributed by atoms with Crippen LogP contribution in [0.5, 0.6) is 0 Å². The first kappa shape index (κ1) is 20.1. The molecule has 0 saturated heterocycles. The third kappa shape index (κ3) is 5.61. The summed E-state index contributed by atoms with van der Waals surface area (Å²) in [5, 5.41) is 0. The number of hydrogen-bond donors (Lipinski definition) is 0. The van der Waals surface area contributed by atoms with Gasteiger partial charge in [-0.25, -0.2) is 0 Å². The normalized spacial score (nSPS) is 17.0. The van der Waals surface area contributed by atoms with Gasteiger partial charge in [-0.15, -0.1) is 0 Å². The number of carbonyl (C=O) groups is 3. The van der Waals surface area contributed by atoms with Crippen LogP contribution in [0.15, 0.2) is 4.99 Å². The predicted molar refractivity (Wildman–Crippen MR) is 77.5 cm³/mol. The van der Waals surface area contributed by atoms with E-state index in [1.165, 1.54) is 13.8 Å². The molecule has 0 bridgehead atoms. The zero-order chi connectivity index (χ0) is 18.3. The van der Waals surface area contributed by atoms with E-state index in [1.807, 2.05) is 0 Å². The first-order chi connectivity index (χ1) is 11.2. The van der Waals surface area contributed by atoms with E-state index in [-0.39, 0.29) is 19.3 Å². The van der Waals surface area contributed by atoms with Crippen LogP contribution >= 0.6 is 0 Å². The summed E-state index contributed by atoms with van der Waals surface area (Å²) >= 11 is 0. The molecule has 0 aromatic heterocycles. The summed E-state index contributed by atoms with van der Waals surface area (Å²) < 4.78 is 47.8. The van der Waals surface area contributed by atoms with Crippen molar-refractivity contribution in [2.75, 3.05) is 13.2 Å². The first-order valence-electron chi connectivity index (χ1n) is 7.70. The van der Waals surface area contributed by atoms with E-state index < -0.39 is 41.9 Å². The molecule has 0 aromatic rings. The molecule has 0 amide bonds. The lowest BCUT2D eigenvalue weighted by molar-refractivity contribution is -0.177. The molecule has 1 unspecified atom stereocenters. The van der Waals surface area contributed by atoms with E-state index in [1.54, 1.807) is 0 Å². The highest BCUT2D eigenvalue weighted by atomic mass is 19.4. The molecule has 9 heteroatoms. The quantitative estimate of drug-likeness (QED) is 0.381. The molecule has 1 aliphatic rings. The Hall–Kier alpha value is -1.93. The van der Waals surface area contributed by atoms with Gasteiger partial charge in [0.15, 0.2) is 5.92 Å². The van der Waals surface area contributed by atoms with Gasteiger partial charge in [0, 0.05) is 11.8 Å². The van der Waals surface area contributed by atoms with E-state index in [4.69, 9.17) is 4.74 Å². The number of hydrogen-bond acceptors (Lipinski definition) is 6. The molecule has 0 aliphatic heterocycles. The SMILES string of the molecule is CCOC(=O)CC(=NC1CCC1)C(C(=O)OCC)C(=O)C(F)(F)F. The van der Waals surface area contributed by atoms with E-state index in [2.05, 4.69) is 9.73 Å². The van der Waals surface area contributed by atoms with Crippen LogP contribution in [-0.2, 0) is 23.9 Å². The van der Waals surface area contributed by atoms with E-state index in [0.717, 1.165) is 6.42 Å². The maximum atomic E-state index is 12.9. The number of carbonyl (C=O) groups excluding carboxylic acids is 3. The van der Waals surface area contributed by atoms with Crippen molar-refractivity contribution in [2.45, 2.75) is 51.7 Å². The van der Waals surface area contributed by atoms with Crippen molar-refractivity contribution < 1.29 is 37.0 Å². The van der Waals surface area contributed by atoms with E-state index in [9.17, 15) is 27.6 Å². The summed E-state index contributed by atoms with van der Waals surface area (Å²) in [4.78, 5) is 39.3. The van der Waals surface area contributed by atoms with Gasteiger partial charge in [-0.1, -0.05) is 0 Å². The average molecular weight is 351 g/mol. The van der Waals surface area contributed by atoms with Crippen molar-refractivity contribution in [1.82, 2.24) is 0 Å². The number of nitrogens with zero attached hydrogens (tertiary/aromatic N) is 1. The number of halogens is 3.